The quantitative estimate of drug-likeness (QED) is 0.646. The normalized spacial score (nSPS) is 10.3. The number of urea groups is 1. The minimum absolute atomic E-state index is 0.588. The Hall–Kier alpha value is -2.38. The molecule has 2 amide bonds. The summed E-state index contributed by atoms with van der Waals surface area (Å²) in [6.45, 7) is 0. The molecule has 7 heteroatoms. The summed E-state index contributed by atoms with van der Waals surface area (Å²) in [7, 11) is 0. The summed E-state index contributed by atoms with van der Waals surface area (Å²) >= 11 is 4.82. The average Bonchev–Trinajstić information content (AvgIpc) is 3.02. The fourth-order valence-corrected chi connectivity index (χ4v) is 2.97. The number of halogens is 1. The third-order valence-electron chi connectivity index (χ3n) is 3.09. The topological polar surface area (TPSA) is 71.2 Å². The number of benzene rings is 2. The van der Waals surface area contributed by atoms with Gasteiger partial charge in [0.2, 0.25) is 5.13 Å². The highest BCUT2D eigenvalue weighted by Crippen LogP contribution is 2.27. The number of hydrazine groups is 1. The van der Waals surface area contributed by atoms with Gasteiger partial charge in [0.25, 0.3) is 0 Å². The molecule has 3 N–H and O–H groups in total. The highest BCUT2D eigenvalue weighted by atomic mass is 79.9. The van der Waals surface area contributed by atoms with Crippen LogP contribution in [0.3, 0.4) is 0 Å². The molecule has 2 aromatic carbocycles. The molecule has 0 unspecified atom stereocenters. The second-order valence-electron chi connectivity index (χ2n) is 4.67. The second kappa shape index (κ2) is 6.80. The Kier molecular flexibility index (Phi) is 4.59. The van der Waals surface area contributed by atoms with Crippen molar-refractivity contribution in [3.05, 3.63) is 64.5 Å². The molecular formula is C16H13BrN4OS. The Morgan fingerprint density at radius 1 is 1.13 bits per heavy atom. The third-order valence-corrected chi connectivity index (χ3v) is 4.36. The van der Waals surface area contributed by atoms with Crippen LogP contribution in [0.25, 0.3) is 11.3 Å². The highest BCUT2D eigenvalue weighted by Gasteiger charge is 2.14. The lowest BCUT2D eigenvalue weighted by molar-refractivity contribution is 0.255. The van der Waals surface area contributed by atoms with Gasteiger partial charge in [0.15, 0.2) is 0 Å². The number of primary amides is 1. The largest absolute Gasteiger partial charge is 0.350 e. The molecule has 0 atom stereocenters. The number of nitrogens with two attached hydrogens (primary N) is 1. The number of nitrogens with zero attached hydrogens (tertiary/aromatic N) is 2. The van der Waals surface area contributed by atoms with E-state index < -0.39 is 6.03 Å². The van der Waals surface area contributed by atoms with Crippen LogP contribution in [0.4, 0.5) is 15.6 Å². The maximum absolute atomic E-state index is 11.7. The lowest BCUT2D eigenvalue weighted by atomic mass is 10.2. The molecule has 0 aliphatic carbocycles. The van der Waals surface area contributed by atoms with Crippen LogP contribution < -0.4 is 16.2 Å². The Balaban J connectivity index is 1.82. The van der Waals surface area contributed by atoms with Crippen LogP contribution in [0.1, 0.15) is 0 Å². The van der Waals surface area contributed by atoms with E-state index in [-0.39, 0.29) is 0 Å². The van der Waals surface area contributed by atoms with Crippen LogP contribution in [0.15, 0.2) is 64.5 Å². The minimum atomic E-state index is -0.600. The van der Waals surface area contributed by atoms with Crippen LogP contribution in [0, 0.1) is 0 Å². The fraction of sp³-hybridized carbons (Fsp3) is 0. The van der Waals surface area contributed by atoms with Gasteiger partial charge in [-0.05, 0) is 24.3 Å². The maximum Gasteiger partial charge on any atom is 0.338 e. The van der Waals surface area contributed by atoms with Crippen LogP contribution in [0.5, 0.6) is 0 Å². The number of carbonyl (C=O) groups is 1. The van der Waals surface area contributed by atoms with Gasteiger partial charge in [-0.1, -0.05) is 46.3 Å². The van der Waals surface area contributed by atoms with Crippen molar-refractivity contribution in [2.75, 3.05) is 10.4 Å². The van der Waals surface area contributed by atoms with Crippen molar-refractivity contribution in [2.45, 2.75) is 0 Å². The average molecular weight is 389 g/mol. The monoisotopic (exact) mass is 388 g/mol. The Labute approximate surface area is 145 Å². The molecule has 0 aliphatic heterocycles. The standard InChI is InChI=1S/C16H13BrN4OS/c17-12-8-6-11(7-9-12)14-10-23-16(19-14)20-21(15(18)22)13-4-2-1-3-5-13/h1-10H,(H2,18,22)(H,19,20). The number of rotatable bonds is 4. The molecule has 116 valence electrons. The molecule has 1 heterocycles. The molecule has 0 saturated heterocycles. The van der Waals surface area contributed by atoms with E-state index in [1.165, 1.54) is 16.3 Å². The number of para-hydroxylation sites is 1. The Bertz CT molecular complexity index is 804. The van der Waals surface area contributed by atoms with Crippen LogP contribution >= 0.6 is 27.3 Å². The van der Waals surface area contributed by atoms with Gasteiger partial charge in [-0.15, -0.1) is 11.3 Å². The van der Waals surface area contributed by atoms with E-state index in [1.807, 2.05) is 47.8 Å². The van der Waals surface area contributed by atoms with Crippen molar-refractivity contribution >= 4 is 44.1 Å². The van der Waals surface area contributed by atoms with Crippen molar-refractivity contribution in [1.82, 2.24) is 4.98 Å². The molecule has 5 nitrogen and oxygen atoms in total. The lowest BCUT2D eigenvalue weighted by Gasteiger charge is -2.20. The van der Waals surface area contributed by atoms with Crippen molar-refractivity contribution < 1.29 is 4.79 Å². The van der Waals surface area contributed by atoms with Gasteiger partial charge < -0.3 is 5.73 Å². The predicted molar refractivity (Wildman–Crippen MR) is 97.4 cm³/mol. The van der Waals surface area contributed by atoms with E-state index in [9.17, 15) is 4.79 Å². The van der Waals surface area contributed by atoms with E-state index in [0.29, 0.717) is 10.8 Å². The number of thiazole rings is 1. The van der Waals surface area contributed by atoms with Gasteiger partial charge in [-0.25, -0.2) is 14.8 Å². The molecule has 3 aromatic rings. The first-order chi connectivity index (χ1) is 11.1. The third kappa shape index (κ3) is 3.69. The molecule has 1 aromatic heterocycles. The molecule has 0 fully saturated rings. The minimum Gasteiger partial charge on any atom is -0.350 e. The van der Waals surface area contributed by atoms with Gasteiger partial charge >= 0.3 is 6.03 Å². The Morgan fingerprint density at radius 2 is 1.83 bits per heavy atom. The zero-order valence-corrected chi connectivity index (χ0v) is 14.3. The summed E-state index contributed by atoms with van der Waals surface area (Å²) in [6.07, 6.45) is 0. The zero-order valence-electron chi connectivity index (χ0n) is 11.9. The zero-order chi connectivity index (χ0) is 16.2. The first-order valence-corrected chi connectivity index (χ1v) is 8.43. The molecule has 0 saturated carbocycles. The number of hydrogen-bond acceptors (Lipinski definition) is 4. The molecule has 0 spiro atoms. The maximum atomic E-state index is 11.7. The molecule has 23 heavy (non-hydrogen) atoms. The van der Waals surface area contributed by atoms with Crippen LogP contribution in [0.2, 0.25) is 0 Å². The van der Waals surface area contributed by atoms with Crippen LogP contribution in [-0.4, -0.2) is 11.0 Å². The Morgan fingerprint density at radius 3 is 2.48 bits per heavy atom. The molecule has 0 aliphatic rings. The van der Waals surface area contributed by atoms with E-state index in [2.05, 4.69) is 26.3 Å². The second-order valence-corrected chi connectivity index (χ2v) is 6.44. The molecule has 0 radical (unpaired) electrons. The summed E-state index contributed by atoms with van der Waals surface area (Å²) < 4.78 is 1.01. The van der Waals surface area contributed by atoms with Crippen molar-refractivity contribution in [1.29, 1.82) is 0 Å². The van der Waals surface area contributed by atoms with E-state index >= 15 is 0 Å². The van der Waals surface area contributed by atoms with E-state index in [1.54, 1.807) is 12.1 Å². The molecular weight excluding hydrogens is 376 g/mol. The number of carbonyl (C=O) groups excluding carboxylic acids is 1. The smallest absolute Gasteiger partial charge is 0.338 e. The van der Waals surface area contributed by atoms with Crippen molar-refractivity contribution in [3.63, 3.8) is 0 Å². The number of amides is 2. The number of hydrogen-bond donors (Lipinski definition) is 2. The number of anilines is 2. The predicted octanol–water partition coefficient (Wildman–Crippen LogP) is 4.48. The van der Waals surface area contributed by atoms with Gasteiger partial charge in [-0.3, -0.25) is 5.43 Å². The first kappa shape index (κ1) is 15.5. The van der Waals surface area contributed by atoms with Crippen molar-refractivity contribution in [2.24, 2.45) is 5.73 Å². The number of aromatic nitrogens is 1. The summed E-state index contributed by atoms with van der Waals surface area (Å²) in [5.41, 5.74) is 10.9. The molecule has 3 rings (SSSR count). The number of nitrogens with one attached hydrogen (secondary N) is 1. The summed E-state index contributed by atoms with van der Waals surface area (Å²) in [5.74, 6) is 0. The van der Waals surface area contributed by atoms with Gasteiger partial charge in [0.05, 0.1) is 11.4 Å². The van der Waals surface area contributed by atoms with Crippen molar-refractivity contribution in [3.8, 4) is 11.3 Å². The van der Waals surface area contributed by atoms with Gasteiger partial charge in [0.1, 0.15) is 0 Å². The first-order valence-electron chi connectivity index (χ1n) is 6.76. The highest BCUT2D eigenvalue weighted by molar-refractivity contribution is 9.10. The van der Waals surface area contributed by atoms with Gasteiger partial charge in [-0.2, -0.15) is 0 Å². The van der Waals surface area contributed by atoms with E-state index in [4.69, 9.17) is 5.73 Å². The van der Waals surface area contributed by atoms with Crippen LogP contribution in [-0.2, 0) is 0 Å². The fourth-order valence-electron chi connectivity index (χ4n) is 2.00. The van der Waals surface area contributed by atoms with E-state index in [0.717, 1.165) is 15.7 Å². The van der Waals surface area contributed by atoms with Gasteiger partial charge in [0, 0.05) is 15.4 Å². The summed E-state index contributed by atoms with van der Waals surface area (Å²) in [5, 5.41) is 3.78. The lowest BCUT2D eigenvalue weighted by Crippen LogP contribution is -2.40. The molecule has 0 bridgehead atoms. The summed E-state index contributed by atoms with van der Waals surface area (Å²) in [6, 6.07) is 16.4. The summed E-state index contributed by atoms with van der Waals surface area (Å²) in [4.78, 5) is 16.2. The SMILES string of the molecule is NC(=O)N(Nc1nc(-c2ccc(Br)cc2)cs1)c1ccccc1.